The Morgan fingerprint density at radius 1 is 0.731 bits per heavy atom. The van der Waals surface area contributed by atoms with Crippen molar-refractivity contribution in [3.05, 3.63) is 165 Å². The lowest BCUT2D eigenvalue weighted by atomic mass is 9.85. The number of aliphatic hydroxyl groups is 6. The van der Waals surface area contributed by atoms with Gasteiger partial charge in [-0.05, 0) is 121 Å². The molecular formula is C79H87Cl2N11O27. The third-order valence-corrected chi connectivity index (χ3v) is 21.4. The van der Waals surface area contributed by atoms with E-state index in [1.807, 2.05) is 0 Å². The first-order chi connectivity index (χ1) is 56.5. The highest BCUT2D eigenvalue weighted by Gasteiger charge is 2.50. The summed E-state index contributed by atoms with van der Waals surface area (Å²) in [5, 5.41) is 132. The minimum atomic E-state index is -2.42. The zero-order chi connectivity index (χ0) is 85.9. The Bertz CT molecular complexity index is 5010. The number of rotatable bonds is 19. The quantitative estimate of drug-likeness (QED) is 0.0553. The molecule has 8 heterocycles. The van der Waals surface area contributed by atoms with Crippen LogP contribution in [0.25, 0.3) is 11.1 Å². The summed E-state index contributed by atoms with van der Waals surface area (Å²) in [6, 6.07) is 4.93. The largest absolute Gasteiger partial charge is 0.508 e. The number of amides is 8. The lowest BCUT2D eigenvalue weighted by Crippen LogP contribution is -2.63. The first-order valence-corrected chi connectivity index (χ1v) is 38.0. The number of phenolic OH excluding ortho intramolecular Hbond substituents is 3. The number of fused-ring (bicyclic) bond motifs is 15. The predicted octanol–water partition coefficient (Wildman–Crippen LogP) is 2.72. The van der Waals surface area contributed by atoms with Crippen LogP contribution in [0.4, 0.5) is 4.79 Å². The molecule has 11 bridgehead atoms. The number of aliphatic hydroxyl groups excluding tert-OH is 6. The smallest absolute Gasteiger partial charge is 0.410 e. The average molecular weight is 1690 g/mol. The lowest BCUT2D eigenvalue weighted by molar-refractivity contribution is -0.277. The molecule has 119 heavy (non-hydrogen) atoms. The number of halogens is 2. The third-order valence-electron chi connectivity index (χ3n) is 20.9. The molecule has 634 valence electrons. The average Bonchev–Trinajstić information content (AvgIpc) is 1.10. The number of benzene rings is 6. The zero-order valence-corrected chi connectivity index (χ0v) is 65.8. The van der Waals surface area contributed by atoms with Crippen LogP contribution >= 0.6 is 23.2 Å². The van der Waals surface area contributed by atoms with E-state index in [-0.39, 0.29) is 48.6 Å². The Hall–Kier alpha value is -11.7. The number of aromatic amines is 1. The molecule has 1 aromatic heterocycles. The van der Waals surface area contributed by atoms with Crippen molar-refractivity contribution in [3.8, 4) is 62.9 Å². The summed E-state index contributed by atoms with van der Waals surface area (Å²) in [7, 11) is 2.71. The Balaban J connectivity index is 1.05. The molecule has 0 saturated carbocycles. The van der Waals surface area contributed by atoms with Crippen LogP contribution in [0.2, 0.25) is 10.0 Å². The number of nitrogens with two attached hydrogens (primary N) is 1. The maximum Gasteiger partial charge on any atom is 0.410 e. The van der Waals surface area contributed by atoms with E-state index < -0.39 is 254 Å². The van der Waals surface area contributed by atoms with E-state index in [9.17, 15) is 70.2 Å². The molecule has 7 aromatic rings. The van der Waals surface area contributed by atoms with E-state index in [2.05, 4.69) is 47.2 Å². The number of aliphatic carboxylic acids is 1. The van der Waals surface area contributed by atoms with Gasteiger partial charge >= 0.3 is 12.1 Å². The molecule has 6 aromatic carbocycles. The molecule has 0 aliphatic carbocycles. The number of carbonyl (C=O) groups excluding carboxylic acids is 8. The molecule has 2 fully saturated rings. The monoisotopic (exact) mass is 1690 g/mol. The summed E-state index contributed by atoms with van der Waals surface area (Å²) in [5.74, 6) is -16.6. The molecule has 18 atom stereocenters. The van der Waals surface area contributed by atoms with Crippen LogP contribution in [-0.4, -0.2) is 219 Å². The second-order valence-electron chi connectivity index (χ2n) is 29.7. The van der Waals surface area contributed by atoms with Crippen LogP contribution in [0.5, 0.6) is 51.7 Å². The molecular weight excluding hydrogens is 1610 g/mol. The van der Waals surface area contributed by atoms with Gasteiger partial charge in [-0.2, -0.15) is 0 Å². The second kappa shape index (κ2) is 36.3. The van der Waals surface area contributed by atoms with Gasteiger partial charge < -0.3 is 137 Å². The molecule has 20 N–H and O–H groups in total. The van der Waals surface area contributed by atoms with E-state index >= 15 is 24.0 Å². The van der Waals surface area contributed by atoms with Crippen LogP contribution in [0.15, 0.2) is 116 Å². The molecule has 1 unspecified atom stereocenters. The number of carbonyl (C=O) groups is 9. The first kappa shape index (κ1) is 86.7. The van der Waals surface area contributed by atoms with Gasteiger partial charge in [0.25, 0.3) is 0 Å². The van der Waals surface area contributed by atoms with Gasteiger partial charge in [0.2, 0.25) is 53.4 Å². The van der Waals surface area contributed by atoms with Gasteiger partial charge in [-0.15, -0.1) is 0 Å². The highest BCUT2D eigenvalue weighted by molar-refractivity contribution is 6.32. The van der Waals surface area contributed by atoms with Crippen molar-refractivity contribution >= 4 is 76.6 Å². The number of ether oxygens (including phenoxy) is 8. The van der Waals surface area contributed by atoms with Gasteiger partial charge in [0.05, 0.1) is 54.4 Å². The summed E-state index contributed by atoms with van der Waals surface area (Å²) < 4.78 is 49.5. The Labute approximate surface area is 687 Å². The minimum absolute atomic E-state index is 0.0656. The van der Waals surface area contributed by atoms with Crippen molar-refractivity contribution in [2.45, 2.75) is 169 Å². The van der Waals surface area contributed by atoms with Crippen molar-refractivity contribution in [1.82, 2.24) is 52.1 Å². The summed E-state index contributed by atoms with van der Waals surface area (Å²) in [4.78, 5) is 144. The molecule has 40 heteroatoms. The number of imidazole rings is 1. The van der Waals surface area contributed by atoms with Gasteiger partial charge in [0.15, 0.2) is 23.8 Å². The van der Waals surface area contributed by atoms with E-state index in [0.29, 0.717) is 17.0 Å². The number of primary amides is 1. The van der Waals surface area contributed by atoms with Crippen LogP contribution in [0.3, 0.4) is 0 Å². The van der Waals surface area contributed by atoms with Crippen molar-refractivity contribution in [2.75, 3.05) is 20.8 Å². The summed E-state index contributed by atoms with van der Waals surface area (Å²) in [6.07, 6.45) is -17.7. The van der Waals surface area contributed by atoms with Gasteiger partial charge in [0.1, 0.15) is 114 Å². The lowest BCUT2D eigenvalue weighted by Gasteiger charge is -2.46. The molecule has 38 nitrogen and oxygen atoms in total. The van der Waals surface area contributed by atoms with Gasteiger partial charge in [0, 0.05) is 54.5 Å². The molecule has 8 amide bonds. The molecule has 7 aliphatic rings. The maximum atomic E-state index is 16.4. The van der Waals surface area contributed by atoms with Crippen molar-refractivity contribution < 1.29 is 132 Å². The van der Waals surface area contributed by atoms with Crippen LogP contribution in [-0.2, 0) is 70.5 Å². The number of aromatic nitrogens is 2. The van der Waals surface area contributed by atoms with Gasteiger partial charge in [-0.3, -0.25) is 38.5 Å². The van der Waals surface area contributed by atoms with Crippen molar-refractivity contribution in [3.63, 3.8) is 0 Å². The SMILES string of the molecule is COc1ccc(COC(=O)N(C)[C@H](CC(C)C)C(=O)N[C@H]2C(=O)N[C@@H](CC(N)=O)C(=O)N[C@H]3C(=O)N[C@H]4C(=O)N[C@H](C(=O)N[C@@H](C(=O)O)c5cc(O)cc(O)c5-c5cc4ccc5O)[C@H](OC4C[C@](C)(NCc5c[nH]cn5)[C@@H](O)[C@H](C)O4)c4ccc(c(Cl)c4)Oc4cc3cc(c4O[C@@H]3O[C@H](CO)[C@@H](O)[C@H](O)[C@H]3O)Oc3ccc(cc3Cl)[C@H]2O)cc1. The molecule has 0 radical (unpaired) electrons. The Morgan fingerprint density at radius 2 is 1.38 bits per heavy atom. The Morgan fingerprint density at radius 3 is 2.01 bits per heavy atom. The fourth-order valence-corrected chi connectivity index (χ4v) is 14.9. The molecule has 7 aliphatic heterocycles. The number of H-pyrrole nitrogens is 1. The van der Waals surface area contributed by atoms with E-state index in [1.54, 1.807) is 51.2 Å². The zero-order valence-electron chi connectivity index (χ0n) is 64.2. The molecule has 14 rings (SSSR count). The van der Waals surface area contributed by atoms with Crippen LogP contribution < -0.4 is 61.9 Å². The number of methoxy groups -OCH3 is 1. The van der Waals surface area contributed by atoms with Crippen molar-refractivity contribution in [2.24, 2.45) is 11.7 Å². The first-order valence-electron chi connectivity index (χ1n) is 37.3. The van der Waals surface area contributed by atoms with Crippen LogP contribution in [0.1, 0.15) is 116 Å². The van der Waals surface area contributed by atoms with Gasteiger partial charge in [-0.25, -0.2) is 14.6 Å². The van der Waals surface area contributed by atoms with Crippen molar-refractivity contribution in [1.29, 1.82) is 0 Å². The number of hydrogen-bond acceptors (Lipinski definition) is 28. The number of carboxylic acids is 1. The Kier molecular flexibility index (Phi) is 26.4. The second-order valence-corrected chi connectivity index (χ2v) is 30.5. The number of hydrogen-bond donors (Lipinski definition) is 19. The normalized spacial score (nSPS) is 26.6. The fraction of sp³-hybridized carbons (Fsp3) is 0.392. The van der Waals surface area contributed by atoms with E-state index in [0.717, 1.165) is 65.6 Å². The maximum absolute atomic E-state index is 16.4. The topological polar surface area (TPSA) is 572 Å². The number of carboxylic acid groups (broad SMARTS) is 1. The number of likely N-dealkylation sites (N-methyl/N-ethyl adjacent to an activating group) is 1. The number of phenols is 3. The number of nitrogens with one attached hydrogen (secondary N) is 8. The minimum Gasteiger partial charge on any atom is -0.508 e. The molecule has 0 spiro atoms. The van der Waals surface area contributed by atoms with E-state index in [4.69, 9.17) is 66.8 Å². The molecule has 2 saturated heterocycles. The highest BCUT2D eigenvalue weighted by Crippen LogP contribution is 2.50. The van der Waals surface area contributed by atoms with Gasteiger partial charge in [-0.1, -0.05) is 67.4 Å². The number of aromatic hydroxyl groups is 3. The highest BCUT2D eigenvalue weighted by atomic mass is 35.5. The summed E-state index contributed by atoms with van der Waals surface area (Å²) in [5.41, 5.74) is 2.59. The number of nitrogens with zero attached hydrogens (tertiary/aromatic N) is 2. The fourth-order valence-electron chi connectivity index (χ4n) is 14.5. The summed E-state index contributed by atoms with van der Waals surface area (Å²) in [6.45, 7) is 5.39. The van der Waals surface area contributed by atoms with Crippen LogP contribution in [0, 0.1) is 5.92 Å². The predicted molar refractivity (Wildman–Crippen MR) is 412 cm³/mol. The summed E-state index contributed by atoms with van der Waals surface area (Å²) >= 11 is 14.5. The third kappa shape index (κ3) is 19.1. The van der Waals surface area contributed by atoms with E-state index in [1.165, 1.54) is 45.6 Å². The standard InChI is InChI=1S/C79H87Cl2N11O27/c1-32(2)17-47(92(5)78(111)113-30-34-7-12-41(112-6)13-8-34)71(104)90-61-63(98)36-10-15-50(44(80)19-36)115-52-21-38-22-53(68(52)119-77-66(101)65(100)64(99)54(29-93)117-77)116-51-16-11-37(20-45(51)81)67(118-56-26-79(4,69(102)33(3)114-56)85-28-39-27-83-31-84-39)62-75(108)89-60(76(109)110)43-23-40(94)24-49(96)57(43)42-18-35(9-14-48(42)95)58(72(105)91-62)88-73(106)59(38)87-70(103)46(25-55(82)97)86-74(61)107/h7-16,18-24,27,31-33,46-47,54,56,58-67,69,77,85,93-96,98-102H,17,25-26,28-30H2,1-6H3,(H2,82,97)(H,83,84)(H,86,107)(H,87,103)(H,88,106)(H,89,108)(H,90,104)(H,91,105)(H,109,110)/t33-,46-,47+,54+,56?,58+,59+,60+,61+,62-,63+,64+,65-,66+,67+,69-,77-,79-/m0/s1.